The van der Waals surface area contributed by atoms with Crippen LogP contribution in [0.5, 0.6) is 0 Å². The van der Waals surface area contributed by atoms with Crippen molar-refractivity contribution in [2.75, 3.05) is 32.0 Å². The first-order valence-corrected chi connectivity index (χ1v) is 8.74. The van der Waals surface area contributed by atoms with Crippen LogP contribution in [-0.2, 0) is 4.79 Å². The maximum absolute atomic E-state index is 12.3. The highest BCUT2D eigenvalue weighted by atomic mass is 19.4. The molecule has 0 saturated carbocycles. The highest BCUT2D eigenvalue weighted by Crippen LogP contribution is 2.15. The van der Waals surface area contributed by atoms with Crippen LogP contribution in [0.25, 0.3) is 0 Å². The lowest BCUT2D eigenvalue weighted by atomic mass is 10.0. The molecule has 0 radical (unpaired) electrons. The van der Waals surface area contributed by atoms with Crippen molar-refractivity contribution in [3.8, 4) is 0 Å². The number of carbonyl (C=O) groups excluding carboxylic acids is 2. The van der Waals surface area contributed by atoms with E-state index in [-0.39, 0.29) is 24.9 Å². The number of amides is 3. The molecule has 0 aliphatic rings. The number of halogens is 3. The molecule has 0 unspecified atom stereocenters. The number of rotatable bonds is 9. The molecule has 0 saturated heterocycles. The Labute approximate surface area is 157 Å². The molecule has 9 heteroatoms. The van der Waals surface area contributed by atoms with Gasteiger partial charge in [-0.05, 0) is 38.1 Å². The van der Waals surface area contributed by atoms with Gasteiger partial charge in [-0.1, -0.05) is 32.0 Å². The molecule has 0 aliphatic heterocycles. The second-order valence-electron chi connectivity index (χ2n) is 6.68. The predicted molar refractivity (Wildman–Crippen MR) is 98.4 cm³/mol. The molecule has 1 rings (SSSR count). The molecule has 27 heavy (non-hydrogen) atoms. The first-order valence-electron chi connectivity index (χ1n) is 8.74. The van der Waals surface area contributed by atoms with Gasteiger partial charge in [0.25, 0.3) is 0 Å². The second kappa shape index (κ2) is 10.8. The lowest BCUT2D eigenvalue weighted by Gasteiger charge is -2.22. The van der Waals surface area contributed by atoms with E-state index in [2.05, 4.69) is 16.0 Å². The van der Waals surface area contributed by atoms with E-state index in [0.717, 1.165) is 4.90 Å². The number of para-hydroxylation sites is 1. The Balaban J connectivity index is 2.41. The zero-order valence-corrected chi connectivity index (χ0v) is 15.8. The van der Waals surface area contributed by atoms with Crippen LogP contribution in [0.4, 0.5) is 23.7 Å². The average molecular weight is 388 g/mol. The fraction of sp³-hybridized carbons (Fsp3) is 0.556. The largest absolute Gasteiger partial charge is 0.401 e. The van der Waals surface area contributed by atoms with E-state index in [9.17, 15) is 22.8 Å². The number of alkyl halides is 3. The number of hydrogen-bond donors (Lipinski definition) is 3. The van der Waals surface area contributed by atoms with E-state index in [0.29, 0.717) is 12.1 Å². The number of nitrogens with one attached hydrogen (secondary N) is 3. The molecule has 1 aromatic rings. The van der Waals surface area contributed by atoms with Gasteiger partial charge in [0, 0.05) is 12.2 Å². The summed E-state index contributed by atoms with van der Waals surface area (Å²) in [4.78, 5) is 25.5. The Bertz CT molecular complexity index is 594. The summed E-state index contributed by atoms with van der Waals surface area (Å²) in [5, 5.41) is 7.93. The van der Waals surface area contributed by atoms with Crippen molar-refractivity contribution < 1.29 is 22.8 Å². The molecular formula is C18H27F3N4O2. The van der Waals surface area contributed by atoms with Crippen LogP contribution in [0.2, 0.25) is 0 Å². The zero-order valence-electron chi connectivity index (χ0n) is 15.8. The number of hydrogen-bond acceptors (Lipinski definition) is 3. The molecule has 0 spiro atoms. The Morgan fingerprint density at radius 2 is 1.78 bits per heavy atom. The standard InChI is InChI=1S/C18H27F3N4O2/c1-13(2)15(24-17(27)23-14-8-5-4-6-9-14)16(26)22-10-7-11-25(3)12-18(19,20)21/h4-6,8-9,13,15H,7,10-12H2,1-3H3,(H,22,26)(H2,23,24,27)/t15-/m1/s1. The molecule has 3 N–H and O–H groups in total. The third kappa shape index (κ3) is 9.83. The lowest BCUT2D eigenvalue weighted by molar-refractivity contribution is -0.143. The minimum Gasteiger partial charge on any atom is -0.354 e. The van der Waals surface area contributed by atoms with E-state index < -0.39 is 24.8 Å². The number of anilines is 1. The summed E-state index contributed by atoms with van der Waals surface area (Å²) in [6.45, 7) is 3.03. The van der Waals surface area contributed by atoms with Gasteiger partial charge in [-0.25, -0.2) is 4.79 Å². The van der Waals surface area contributed by atoms with Gasteiger partial charge in [0.2, 0.25) is 5.91 Å². The highest BCUT2D eigenvalue weighted by Gasteiger charge is 2.29. The topological polar surface area (TPSA) is 73.5 Å². The van der Waals surface area contributed by atoms with Crippen molar-refractivity contribution in [1.82, 2.24) is 15.5 Å². The molecule has 0 heterocycles. The second-order valence-corrected chi connectivity index (χ2v) is 6.68. The third-order valence-corrected chi connectivity index (χ3v) is 3.73. The van der Waals surface area contributed by atoms with Crippen molar-refractivity contribution in [3.63, 3.8) is 0 Å². The normalized spacial score (nSPS) is 12.7. The number of benzene rings is 1. The summed E-state index contributed by atoms with van der Waals surface area (Å²) in [5.74, 6) is -0.522. The molecule has 3 amide bonds. The van der Waals surface area contributed by atoms with Gasteiger partial charge in [0.15, 0.2) is 0 Å². The minimum atomic E-state index is -4.24. The van der Waals surface area contributed by atoms with Gasteiger partial charge in [-0.15, -0.1) is 0 Å². The summed E-state index contributed by atoms with van der Waals surface area (Å²) in [6.07, 6.45) is -3.86. The van der Waals surface area contributed by atoms with Crippen molar-refractivity contribution >= 4 is 17.6 Å². The number of carbonyl (C=O) groups is 2. The monoisotopic (exact) mass is 388 g/mol. The minimum absolute atomic E-state index is 0.153. The van der Waals surface area contributed by atoms with E-state index in [1.807, 2.05) is 6.07 Å². The van der Waals surface area contributed by atoms with Crippen LogP contribution >= 0.6 is 0 Å². The van der Waals surface area contributed by atoms with E-state index >= 15 is 0 Å². The summed E-state index contributed by atoms with van der Waals surface area (Å²) in [5.41, 5.74) is 0.602. The lowest BCUT2D eigenvalue weighted by Crippen LogP contribution is -2.51. The van der Waals surface area contributed by atoms with Gasteiger partial charge in [0.1, 0.15) is 6.04 Å². The summed E-state index contributed by atoms with van der Waals surface area (Å²) >= 11 is 0. The zero-order chi connectivity index (χ0) is 20.4. The third-order valence-electron chi connectivity index (χ3n) is 3.73. The van der Waals surface area contributed by atoms with Crippen LogP contribution < -0.4 is 16.0 Å². The van der Waals surface area contributed by atoms with Crippen LogP contribution in [0, 0.1) is 5.92 Å². The van der Waals surface area contributed by atoms with Gasteiger partial charge in [-0.2, -0.15) is 13.2 Å². The van der Waals surface area contributed by atoms with Crippen molar-refractivity contribution in [2.24, 2.45) is 5.92 Å². The molecular weight excluding hydrogens is 361 g/mol. The van der Waals surface area contributed by atoms with E-state index in [4.69, 9.17) is 0 Å². The smallest absolute Gasteiger partial charge is 0.354 e. The van der Waals surface area contributed by atoms with Crippen LogP contribution in [-0.4, -0.2) is 55.7 Å². The molecule has 0 aromatic heterocycles. The van der Waals surface area contributed by atoms with E-state index in [1.54, 1.807) is 38.1 Å². The Kier molecular flexibility index (Phi) is 9.07. The molecule has 0 fully saturated rings. The molecule has 6 nitrogen and oxygen atoms in total. The van der Waals surface area contributed by atoms with Gasteiger partial charge in [0.05, 0.1) is 6.54 Å². The van der Waals surface area contributed by atoms with Gasteiger partial charge in [-0.3, -0.25) is 9.69 Å². The quantitative estimate of drug-likeness (QED) is 0.570. The number of nitrogens with zero attached hydrogens (tertiary/aromatic N) is 1. The summed E-state index contributed by atoms with van der Waals surface area (Å²) < 4.78 is 36.8. The first kappa shape index (κ1) is 22.8. The Morgan fingerprint density at radius 3 is 2.33 bits per heavy atom. The van der Waals surface area contributed by atoms with Crippen LogP contribution in [0.15, 0.2) is 30.3 Å². The van der Waals surface area contributed by atoms with Crippen LogP contribution in [0.3, 0.4) is 0 Å². The Hall–Kier alpha value is -2.29. The first-order chi connectivity index (χ1) is 12.6. The molecule has 1 aromatic carbocycles. The molecule has 0 aliphatic carbocycles. The molecule has 1 atom stereocenters. The van der Waals surface area contributed by atoms with Crippen molar-refractivity contribution in [2.45, 2.75) is 32.5 Å². The molecule has 152 valence electrons. The maximum atomic E-state index is 12.3. The van der Waals surface area contributed by atoms with Crippen molar-refractivity contribution in [3.05, 3.63) is 30.3 Å². The SMILES string of the molecule is CC(C)[C@@H](NC(=O)Nc1ccccc1)C(=O)NCCCN(C)CC(F)(F)F. The van der Waals surface area contributed by atoms with Crippen LogP contribution in [0.1, 0.15) is 20.3 Å². The Morgan fingerprint density at radius 1 is 1.15 bits per heavy atom. The predicted octanol–water partition coefficient (Wildman–Crippen LogP) is 2.83. The van der Waals surface area contributed by atoms with Gasteiger partial charge < -0.3 is 16.0 Å². The summed E-state index contributed by atoms with van der Waals surface area (Å²) in [7, 11) is 1.38. The highest BCUT2D eigenvalue weighted by molar-refractivity contribution is 5.93. The average Bonchev–Trinajstić information content (AvgIpc) is 2.55. The fourth-order valence-electron chi connectivity index (χ4n) is 2.42. The maximum Gasteiger partial charge on any atom is 0.401 e. The van der Waals surface area contributed by atoms with Gasteiger partial charge >= 0.3 is 12.2 Å². The fourth-order valence-corrected chi connectivity index (χ4v) is 2.42. The summed E-state index contributed by atoms with van der Waals surface area (Å²) in [6, 6.07) is 7.57. The molecule has 0 bridgehead atoms. The number of urea groups is 1. The van der Waals surface area contributed by atoms with Crippen molar-refractivity contribution in [1.29, 1.82) is 0 Å². The van der Waals surface area contributed by atoms with E-state index in [1.165, 1.54) is 7.05 Å².